The number of rotatable bonds is 0. The fourth-order valence-electron chi connectivity index (χ4n) is 3.65. The molecule has 1 saturated heterocycles. The minimum Gasteiger partial charge on any atom is -0.387 e. The van der Waals surface area contributed by atoms with Crippen LogP contribution in [0.1, 0.15) is 31.9 Å². The maximum Gasteiger partial charge on any atom is 0.481 e. The van der Waals surface area contributed by atoms with Gasteiger partial charge in [0.1, 0.15) is 24.6 Å². The number of nitrogens with zero attached hydrogens (tertiary/aromatic N) is 4. The van der Waals surface area contributed by atoms with E-state index in [2.05, 4.69) is 23.3 Å². The van der Waals surface area contributed by atoms with Crippen LogP contribution >= 0.6 is 15.6 Å². The molecule has 33 heavy (non-hydrogen) atoms. The first-order valence-electron chi connectivity index (χ1n) is 10.2. The van der Waals surface area contributed by atoms with Gasteiger partial charge in [0.05, 0.1) is 19.5 Å². The molecule has 2 aromatic rings. The van der Waals surface area contributed by atoms with E-state index in [0.29, 0.717) is 32.2 Å². The molecule has 0 amide bonds. The molecule has 3 aliphatic heterocycles. The zero-order chi connectivity index (χ0) is 23.8. The van der Waals surface area contributed by atoms with E-state index in [1.165, 1.54) is 21.8 Å². The Kier molecular flexibility index (Phi) is 7.18. The third kappa shape index (κ3) is 5.43. The Morgan fingerprint density at radius 3 is 2.48 bits per heavy atom. The van der Waals surface area contributed by atoms with Gasteiger partial charge in [-0.25, -0.2) is 19.1 Å². The summed E-state index contributed by atoms with van der Waals surface area (Å²) in [7, 11) is -9.98. The molecule has 184 valence electrons. The van der Waals surface area contributed by atoms with Crippen molar-refractivity contribution in [3.8, 4) is 0 Å². The lowest BCUT2D eigenvalue weighted by atomic mass is 10.1. The van der Waals surface area contributed by atoms with Gasteiger partial charge in [0.25, 0.3) is 5.56 Å². The van der Waals surface area contributed by atoms with E-state index in [4.69, 9.17) is 4.74 Å². The topological polar surface area (TPSA) is 205 Å². The summed E-state index contributed by atoms with van der Waals surface area (Å²) in [5.74, 6) is 0. The van der Waals surface area contributed by atoms with Crippen molar-refractivity contribution in [3.05, 3.63) is 23.0 Å². The smallest absolute Gasteiger partial charge is 0.387 e. The Morgan fingerprint density at radius 2 is 1.70 bits per heavy atom. The van der Waals surface area contributed by atoms with Crippen LogP contribution in [-0.4, -0.2) is 70.6 Å². The number of aryl methyl sites for hydroxylation is 1. The molecule has 2 unspecified atom stereocenters. The first kappa shape index (κ1) is 24.6. The van der Waals surface area contributed by atoms with Gasteiger partial charge in [-0.3, -0.25) is 23.0 Å². The molecule has 1 fully saturated rings. The SMILES string of the molecule is O=c1c2ncn3c2ncn1CCCCCCOP(=O)(O)OP(=O)(O)OC[C@H]1O[C@@H]3[C@H](O)[C@@H]1O. The van der Waals surface area contributed by atoms with Gasteiger partial charge in [-0.2, -0.15) is 4.31 Å². The summed E-state index contributed by atoms with van der Waals surface area (Å²) in [6.07, 6.45) is -0.833. The predicted molar refractivity (Wildman–Crippen MR) is 109 cm³/mol. The van der Waals surface area contributed by atoms with Crippen molar-refractivity contribution in [1.29, 1.82) is 0 Å². The average Bonchev–Trinajstić information content (AvgIpc) is 3.28. The van der Waals surface area contributed by atoms with E-state index in [1.807, 2.05) is 0 Å². The standard InChI is InChI=1S/C16H24N4O11P2/c21-12-10-7-29-33(26,27)31-32(24,25)28-6-4-2-1-3-5-19-8-18-14-11(15(19)23)17-9-20(14)16(30-10)13(12)22/h8-10,12-13,16,21-22H,1-7H2,(H,24,25)(H,26,27)/t10-,12-,13-,16-/m1/s1. The van der Waals surface area contributed by atoms with Crippen LogP contribution in [0, 0.1) is 0 Å². The summed E-state index contributed by atoms with van der Waals surface area (Å²) in [6.45, 7) is -0.613. The number of phosphoric acid groups is 2. The quantitative estimate of drug-likeness (QED) is 0.346. The van der Waals surface area contributed by atoms with Crippen LogP contribution in [0.15, 0.2) is 17.4 Å². The molecule has 0 aromatic carbocycles. The lowest BCUT2D eigenvalue weighted by Crippen LogP contribution is -2.33. The average molecular weight is 510 g/mol. The highest BCUT2D eigenvalue weighted by molar-refractivity contribution is 7.61. The summed E-state index contributed by atoms with van der Waals surface area (Å²) in [6, 6.07) is 0. The maximum atomic E-state index is 12.7. The minimum absolute atomic E-state index is 0.0530. The van der Waals surface area contributed by atoms with Crippen molar-refractivity contribution >= 4 is 26.8 Å². The zero-order valence-electron chi connectivity index (χ0n) is 17.2. The summed E-state index contributed by atoms with van der Waals surface area (Å²) >= 11 is 0. The second-order valence-electron chi connectivity index (χ2n) is 7.68. The molecule has 6 atom stereocenters. The van der Waals surface area contributed by atoms with E-state index in [1.54, 1.807) is 0 Å². The van der Waals surface area contributed by atoms with Gasteiger partial charge in [-0.15, -0.1) is 0 Å². The number of phosphoric ester groups is 2. The Hall–Kier alpha value is -1.51. The van der Waals surface area contributed by atoms with Gasteiger partial charge in [-0.05, 0) is 12.8 Å². The Morgan fingerprint density at radius 1 is 0.970 bits per heavy atom. The van der Waals surface area contributed by atoms with E-state index in [0.717, 1.165) is 0 Å². The number of ether oxygens (including phenoxy) is 1. The molecule has 5 rings (SSSR count). The van der Waals surface area contributed by atoms with Gasteiger partial charge in [0.2, 0.25) is 0 Å². The molecule has 0 radical (unpaired) electrons. The number of hydrogen-bond donors (Lipinski definition) is 4. The van der Waals surface area contributed by atoms with E-state index >= 15 is 0 Å². The maximum absolute atomic E-state index is 12.7. The number of fused-ring (bicyclic) bond motifs is 12. The Balaban J connectivity index is 1.62. The molecule has 0 aliphatic carbocycles. The third-order valence-corrected chi connectivity index (χ3v) is 7.95. The van der Waals surface area contributed by atoms with Crippen LogP contribution in [0.4, 0.5) is 0 Å². The fraction of sp³-hybridized carbons (Fsp3) is 0.688. The van der Waals surface area contributed by atoms with Crippen LogP contribution in [0.3, 0.4) is 0 Å². The molecule has 15 nitrogen and oxygen atoms in total. The summed E-state index contributed by atoms with van der Waals surface area (Å²) < 4.78 is 45.8. The highest BCUT2D eigenvalue weighted by atomic mass is 31.3. The Labute approximate surface area is 186 Å². The second kappa shape index (κ2) is 9.62. The molecule has 2 aromatic heterocycles. The zero-order valence-corrected chi connectivity index (χ0v) is 19.0. The highest BCUT2D eigenvalue weighted by Gasteiger charge is 2.46. The lowest BCUT2D eigenvalue weighted by molar-refractivity contribution is -0.0504. The molecule has 17 heteroatoms. The number of imidazole rings is 1. The Bertz CT molecular complexity index is 1150. The normalized spacial score (nSPS) is 37.0. The predicted octanol–water partition coefficient (Wildman–Crippen LogP) is 0.0368. The molecule has 6 bridgehead atoms. The third-order valence-electron chi connectivity index (χ3n) is 5.32. The fourth-order valence-corrected chi connectivity index (χ4v) is 5.77. The van der Waals surface area contributed by atoms with Crippen molar-refractivity contribution in [1.82, 2.24) is 19.1 Å². The largest absolute Gasteiger partial charge is 0.481 e. The molecule has 5 heterocycles. The second-order valence-corrected chi connectivity index (χ2v) is 10.7. The minimum atomic E-state index is -5.08. The van der Waals surface area contributed by atoms with E-state index in [9.17, 15) is 33.9 Å². The first-order chi connectivity index (χ1) is 15.6. The molecular weight excluding hydrogens is 486 g/mol. The number of aliphatic hydroxyl groups is 2. The van der Waals surface area contributed by atoms with Gasteiger partial charge in [-0.1, -0.05) is 12.8 Å². The first-order valence-corrected chi connectivity index (χ1v) is 13.2. The molecular formula is C16H24N4O11P2. The van der Waals surface area contributed by atoms with Crippen molar-refractivity contribution in [2.75, 3.05) is 13.2 Å². The van der Waals surface area contributed by atoms with Crippen molar-refractivity contribution in [2.24, 2.45) is 0 Å². The van der Waals surface area contributed by atoms with Gasteiger partial charge >= 0.3 is 15.6 Å². The van der Waals surface area contributed by atoms with Crippen LogP contribution in [0.2, 0.25) is 0 Å². The van der Waals surface area contributed by atoms with E-state index in [-0.39, 0.29) is 23.3 Å². The van der Waals surface area contributed by atoms with Crippen LogP contribution in [0.25, 0.3) is 11.2 Å². The molecule has 0 saturated carbocycles. The summed E-state index contributed by atoms with van der Waals surface area (Å²) in [5.41, 5.74) is -0.209. The van der Waals surface area contributed by atoms with Crippen LogP contribution in [0.5, 0.6) is 0 Å². The summed E-state index contributed by atoms with van der Waals surface area (Å²) in [5, 5.41) is 20.7. The van der Waals surface area contributed by atoms with Crippen molar-refractivity contribution in [2.45, 2.75) is 56.8 Å². The molecule has 4 N–H and O–H groups in total. The van der Waals surface area contributed by atoms with E-state index < -0.39 is 46.8 Å². The van der Waals surface area contributed by atoms with Gasteiger partial charge in [0, 0.05) is 6.54 Å². The monoisotopic (exact) mass is 510 g/mol. The lowest BCUT2D eigenvalue weighted by Gasteiger charge is -2.19. The summed E-state index contributed by atoms with van der Waals surface area (Å²) in [4.78, 5) is 40.5. The number of aromatic nitrogens is 4. The van der Waals surface area contributed by atoms with Crippen molar-refractivity contribution in [3.63, 3.8) is 0 Å². The van der Waals surface area contributed by atoms with Gasteiger partial charge in [0.15, 0.2) is 17.4 Å². The highest BCUT2D eigenvalue weighted by Crippen LogP contribution is 2.60. The number of hydrogen-bond acceptors (Lipinski definition) is 11. The molecule has 0 spiro atoms. The van der Waals surface area contributed by atoms with Crippen LogP contribution < -0.4 is 5.56 Å². The van der Waals surface area contributed by atoms with Gasteiger partial charge < -0.3 is 24.7 Å². The number of aliphatic hydroxyl groups excluding tert-OH is 2. The molecule has 3 aliphatic rings. The van der Waals surface area contributed by atoms with Crippen molar-refractivity contribution < 1.29 is 47.2 Å². The van der Waals surface area contributed by atoms with Crippen LogP contribution in [-0.2, 0) is 33.8 Å².